The Bertz CT molecular complexity index is 307. The first-order valence-electron chi connectivity index (χ1n) is 5.52. The zero-order valence-electron chi connectivity index (χ0n) is 9.92. The Balaban J connectivity index is 2.98. The third kappa shape index (κ3) is 3.22. The minimum atomic E-state index is 0.227. The second-order valence-electron chi connectivity index (χ2n) is 4.66. The van der Waals surface area contributed by atoms with Gasteiger partial charge in [0.15, 0.2) is 0 Å². The van der Waals surface area contributed by atoms with E-state index in [1.165, 1.54) is 11.1 Å². The van der Waals surface area contributed by atoms with Gasteiger partial charge in [-0.2, -0.15) is 0 Å². The van der Waals surface area contributed by atoms with Crippen molar-refractivity contribution >= 4 is 11.8 Å². The number of hydrogen-bond donors (Lipinski definition) is 1. The molecule has 0 aliphatic rings. The van der Waals surface area contributed by atoms with Gasteiger partial charge in [-0.1, -0.05) is 52.0 Å². The van der Waals surface area contributed by atoms with Gasteiger partial charge in [0.25, 0.3) is 0 Å². The fraction of sp³-hybridized carbons (Fsp3) is 0.538. The van der Waals surface area contributed by atoms with Crippen LogP contribution in [-0.2, 0) is 0 Å². The van der Waals surface area contributed by atoms with Crippen molar-refractivity contribution in [3.63, 3.8) is 0 Å². The minimum absolute atomic E-state index is 0.227. The predicted molar refractivity (Wildman–Crippen MR) is 67.1 cm³/mol. The van der Waals surface area contributed by atoms with Crippen molar-refractivity contribution in [3.05, 3.63) is 35.4 Å². The quantitative estimate of drug-likeness (QED) is 0.756. The van der Waals surface area contributed by atoms with E-state index in [0.717, 1.165) is 0 Å². The van der Waals surface area contributed by atoms with E-state index in [9.17, 15) is 0 Å². The summed E-state index contributed by atoms with van der Waals surface area (Å²) >= 11 is 5.78. The van der Waals surface area contributed by atoms with Crippen molar-refractivity contribution in [2.75, 3.05) is 0 Å². The smallest absolute Gasteiger partial charge is 0.0493 e. The summed E-state index contributed by atoms with van der Waals surface area (Å²) in [4.78, 5) is 2.86. The molecule has 0 fully saturated rings. The molecule has 84 valence electrons. The Kier molecular flexibility index (Phi) is 4.62. The van der Waals surface area contributed by atoms with Gasteiger partial charge >= 0.3 is 0 Å². The molecule has 1 nitrogen and oxygen atoms in total. The van der Waals surface area contributed by atoms with Crippen LogP contribution in [-0.4, -0.2) is 0 Å². The van der Waals surface area contributed by atoms with Gasteiger partial charge in [-0.05, 0) is 34.7 Å². The van der Waals surface area contributed by atoms with Crippen LogP contribution in [0.1, 0.15) is 50.8 Å². The van der Waals surface area contributed by atoms with Gasteiger partial charge in [0.2, 0.25) is 0 Å². The molecule has 0 spiro atoms. The molecule has 0 aromatic heterocycles. The van der Waals surface area contributed by atoms with E-state index in [2.05, 4.69) is 56.8 Å². The van der Waals surface area contributed by atoms with Crippen molar-refractivity contribution in [1.29, 1.82) is 0 Å². The number of nitrogens with one attached hydrogen (secondary N) is 1. The summed E-state index contributed by atoms with van der Waals surface area (Å²) in [5.41, 5.74) is 2.64. The zero-order chi connectivity index (χ0) is 11.4. The van der Waals surface area contributed by atoms with Crippen LogP contribution in [0, 0.1) is 5.92 Å². The monoisotopic (exact) mass is 225 g/mol. The second-order valence-corrected chi connectivity index (χ2v) is 4.87. The van der Waals surface area contributed by atoms with Crippen LogP contribution in [0.25, 0.3) is 0 Å². The van der Waals surface area contributed by atoms with Crippen LogP contribution < -0.4 is 4.84 Å². The highest BCUT2D eigenvalue weighted by Gasteiger charge is 2.14. The summed E-state index contributed by atoms with van der Waals surface area (Å²) < 4.78 is 0. The first kappa shape index (κ1) is 12.5. The van der Waals surface area contributed by atoms with Gasteiger partial charge in [0, 0.05) is 6.04 Å². The van der Waals surface area contributed by atoms with Gasteiger partial charge in [-0.15, -0.1) is 0 Å². The standard InChI is InChI=1S/C13H20ClN/c1-9(2)11-6-5-7-12(8-11)13(15-14)10(3)4/h5-10,13,15H,1-4H3/t13-/m1/s1. The number of hydrogen-bond acceptors (Lipinski definition) is 1. The van der Waals surface area contributed by atoms with Gasteiger partial charge < -0.3 is 0 Å². The van der Waals surface area contributed by atoms with Gasteiger partial charge in [0.05, 0.1) is 0 Å². The van der Waals surface area contributed by atoms with Crippen molar-refractivity contribution in [2.45, 2.75) is 39.7 Å². The normalized spacial score (nSPS) is 13.5. The SMILES string of the molecule is CC(C)c1cccc([C@H](NCl)C(C)C)c1. The number of rotatable bonds is 4. The Hall–Kier alpha value is -0.530. The van der Waals surface area contributed by atoms with Crippen LogP contribution in [0.2, 0.25) is 0 Å². The van der Waals surface area contributed by atoms with Gasteiger partial charge in [0.1, 0.15) is 0 Å². The van der Waals surface area contributed by atoms with Gasteiger partial charge in [-0.3, -0.25) is 0 Å². The summed E-state index contributed by atoms with van der Waals surface area (Å²) in [6.45, 7) is 8.75. The molecule has 2 heteroatoms. The molecule has 1 aromatic rings. The molecule has 0 unspecified atom stereocenters. The van der Waals surface area contributed by atoms with Crippen molar-refractivity contribution in [2.24, 2.45) is 5.92 Å². The Morgan fingerprint density at radius 2 is 1.67 bits per heavy atom. The van der Waals surface area contributed by atoms with E-state index in [-0.39, 0.29) is 6.04 Å². The maximum Gasteiger partial charge on any atom is 0.0493 e. The average Bonchev–Trinajstić information content (AvgIpc) is 2.18. The average molecular weight is 226 g/mol. The lowest BCUT2D eigenvalue weighted by atomic mass is 9.93. The molecule has 0 saturated heterocycles. The molecule has 0 bridgehead atoms. The maximum absolute atomic E-state index is 5.78. The molecule has 0 amide bonds. The fourth-order valence-corrected chi connectivity index (χ4v) is 2.06. The van der Waals surface area contributed by atoms with Crippen LogP contribution in [0.15, 0.2) is 24.3 Å². The molecule has 1 N–H and O–H groups in total. The number of benzene rings is 1. The van der Waals surface area contributed by atoms with E-state index in [1.807, 2.05) is 0 Å². The summed E-state index contributed by atoms with van der Waals surface area (Å²) in [7, 11) is 0. The lowest BCUT2D eigenvalue weighted by molar-refractivity contribution is 0.482. The number of halogens is 1. The summed E-state index contributed by atoms with van der Waals surface area (Å²) in [6.07, 6.45) is 0. The molecule has 0 aliphatic carbocycles. The zero-order valence-corrected chi connectivity index (χ0v) is 10.7. The Morgan fingerprint density at radius 3 is 2.13 bits per heavy atom. The third-order valence-electron chi connectivity index (χ3n) is 2.72. The third-order valence-corrected chi connectivity index (χ3v) is 2.96. The van der Waals surface area contributed by atoms with Crippen molar-refractivity contribution in [1.82, 2.24) is 4.84 Å². The molecular weight excluding hydrogens is 206 g/mol. The molecule has 1 atom stereocenters. The predicted octanol–water partition coefficient (Wildman–Crippen LogP) is 4.25. The first-order chi connectivity index (χ1) is 7.06. The molecule has 0 saturated carbocycles. The molecule has 0 aliphatic heterocycles. The summed E-state index contributed by atoms with van der Waals surface area (Å²) in [6, 6.07) is 8.87. The Labute approximate surface area is 98.0 Å². The first-order valence-corrected chi connectivity index (χ1v) is 5.90. The lowest BCUT2D eigenvalue weighted by Crippen LogP contribution is -2.17. The van der Waals surface area contributed by atoms with Crippen LogP contribution in [0.4, 0.5) is 0 Å². The molecule has 15 heavy (non-hydrogen) atoms. The molecular formula is C13H20ClN. The van der Waals surface area contributed by atoms with E-state index < -0.39 is 0 Å². The summed E-state index contributed by atoms with van der Waals surface area (Å²) in [5, 5.41) is 0. The van der Waals surface area contributed by atoms with Crippen molar-refractivity contribution in [3.8, 4) is 0 Å². The highest BCUT2D eigenvalue weighted by molar-refractivity contribution is 6.13. The van der Waals surface area contributed by atoms with Crippen LogP contribution >= 0.6 is 11.8 Å². The van der Waals surface area contributed by atoms with E-state index in [1.54, 1.807) is 0 Å². The van der Waals surface area contributed by atoms with Crippen molar-refractivity contribution < 1.29 is 0 Å². The maximum atomic E-state index is 5.78. The largest absolute Gasteiger partial charge is 0.226 e. The van der Waals surface area contributed by atoms with E-state index in [4.69, 9.17) is 11.8 Å². The molecule has 1 rings (SSSR count). The van der Waals surface area contributed by atoms with Gasteiger partial charge in [-0.25, -0.2) is 4.84 Å². The highest BCUT2D eigenvalue weighted by atomic mass is 35.5. The van der Waals surface area contributed by atoms with Crippen LogP contribution in [0.3, 0.4) is 0 Å². The molecule has 0 radical (unpaired) electrons. The molecule has 1 aromatic carbocycles. The van der Waals surface area contributed by atoms with Crippen LogP contribution in [0.5, 0.6) is 0 Å². The second kappa shape index (κ2) is 5.53. The lowest BCUT2D eigenvalue weighted by Gasteiger charge is -2.20. The Morgan fingerprint density at radius 1 is 1.07 bits per heavy atom. The fourth-order valence-electron chi connectivity index (χ4n) is 1.69. The molecule has 0 heterocycles. The van der Waals surface area contributed by atoms with E-state index in [0.29, 0.717) is 11.8 Å². The topological polar surface area (TPSA) is 12.0 Å². The minimum Gasteiger partial charge on any atom is -0.226 e. The van der Waals surface area contributed by atoms with E-state index >= 15 is 0 Å². The summed E-state index contributed by atoms with van der Waals surface area (Å²) in [5.74, 6) is 1.05. The highest BCUT2D eigenvalue weighted by Crippen LogP contribution is 2.25.